The number of aryl methyl sites for hydroxylation is 1. The van der Waals surface area contributed by atoms with Crippen LogP contribution < -0.4 is 0 Å². The number of thioether (sulfide) groups is 1. The summed E-state index contributed by atoms with van der Waals surface area (Å²) in [6.45, 7) is 2.74. The van der Waals surface area contributed by atoms with Gasteiger partial charge in [0, 0.05) is 16.3 Å². The van der Waals surface area contributed by atoms with Gasteiger partial charge in [-0.1, -0.05) is 28.9 Å². The molecule has 0 N–H and O–H groups in total. The molecule has 1 aromatic heterocycles. The molecule has 0 atom stereocenters. The molecule has 1 heterocycles. The van der Waals surface area contributed by atoms with Gasteiger partial charge in [-0.05, 0) is 25.3 Å². The first-order chi connectivity index (χ1) is 10.2. The summed E-state index contributed by atoms with van der Waals surface area (Å²) >= 11 is 7.62. The number of nitrogens with zero attached hydrogens (tertiary/aromatic N) is 3. The van der Waals surface area contributed by atoms with E-state index in [0.717, 1.165) is 11.3 Å². The minimum atomic E-state index is -0.460. The van der Waals surface area contributed by atoms with E-state index in [1.807, 2.05) is 18.4 Å². The van der Waals surface area contributed by atoms with Gasteiger partial charge in [-0.25, -0.2) is 9.48 Å². The van der Waals surface area contributed by atoms with Crippen LogP contribution in [-0.2, 0) is 11.3 Å². The fourth-order valence-corrected chi connectivity index (χ4v) is 2.36. The number of carbonyl (C=O) groups excluding carboxylic acids is 1. The van der Waals surface area contributed by atoms with Gasteiger partial charge in [-0.15, -0.1) is 5.10 Å². The number of esters is 1. The highest BCUT2D eigenvalue weighted by molar-refractivity contribution is 7.98. The molecule has 5 nitrogen and oxygen atoms in total. The summed E-state index contributed by atoms with van der Waals surface area (Å²) in [5, 5.41) is 8.70. The maximum absolute atomic E-state index is 12.0. The molecule has 7 heteroatoms. The Labute approximate surface area is 132 Å². The van der Waals surface area contributed by atoms with Gasteiger partial charge in [0.2, 0.25) is 0 Å². The highest BCUT2D eigenvalue weighted by atomic mass is 35.5. The van der Waals surface area contributed by atoms with Crippen molar-refractivity contribution in [3.8, 4) is 11.3 Å². The molecule has 0 fully saturated rings. The van der Waals surface area contributed by atoms with Gasteiger partial charge in [-0.2, -0.15) is 11.8 Å². The molecule has 21 heavy (non-hydrogen) atoms. The zero-order valence-electron chi connectivity index (χ0n) is 11.9. The lowest BCUT2D eigenvalue weighted by Crippen LogP contribution is -2.09. The van der Waals surface area contributed by atoms with E-state index in [1.165, 1.54) is 0 Å². The summed E-state index contributed by atoms with van der Waals surface area (Å²) in [6.07, 6.45) is 2.02. The second-order valence-corrected chi connectivity index (χ2v) is 5.65. The Morgan fingerprint density at radius 2 is 2.10 bits per heavy atom. The summed E-state index contributed by atoms with van der Waals surface area (Å²) in [6, 6.07) is 7.24. The van der Waals surface area contributed by atoms with Gasteiger partial charge in [-0.3, -0.25) is 0 Å². The van der Waals surface area contributed by atoms with Crippen molar-refractivity contribution in [3.05, 3.63) is 35.0 Å². The monoisotopic (exact) mass is 325 g/mol. The molecule has 2 aromatic rings. The van der Waals surface area contributed by atoms with Gasteiger partial charge in [0.15, 0.2) is 5.69 Å². The van der Waals surface area contributed by atoms with Crippen LogP contribution in [0, 0.1) is 0 Å². The molecule has 1 aromatic carbocycles. The lowest BCUT2D eigenvalue weighted by Gasteiger charge is -2.07. The number of halogens is 1. The SMILES string of the molecule is CCOC(=O)c1nnn(CCSC)c1-c1ccc(Cl)cc1. The first-order valence-electron chi connectivity index (χ1n) is 6.52. The van der Waals surface area contributed by atoms with Crippen molar-refractivity contribution in [2.45, 2.75) is 13.5 Å². The van der Waals surface area contributed by atoms with Crippen LogP contribution in [0.15, 0.2) is 24.3 Å². The van der Waals surface area contributed by atoms with Gasteiger partial charge in [0.1, 0.15) is 5.69 Å². The fourth-order valence-electron chi connectivity index (χ4n) is 1.88. The highest BCUT2D eigenvalue weighted by Gasteiger charge is 2.22. The van der Waals surface area contributed by atoms with Crippen LogP contribution in [0.2, 0.25) is 5.02 Å². The number of hydrogen-bond acceptors (Lipinski definition) is 5. The minimum Gasteiger partial charge on any atom is -0.461 e. The van der Waals surface area contributed by atoms with Crippen molar-refractivity contribution in [1.29, 1.82) is 0 Å². The molecule has 0 saturated heterocycles. The number of carbonyl (C=O) groups is 1. The Morgan fingerprint density at radius 1 is 1.38 bits per heavy atom. The topological polar surface area (TPSA) is 57.0 Å². The highest BCUT2D eigenvalue weighted by Crippen LogP contribution is 2.25. The summed E-state index contributed by atoms with van der Waals surface area (Å²) < 4.78 is 6.77. The average molecular weight is 326 g/mol. The molecule has 0 spiro atoms. The normalized spacial score (nSPS) is 10.6. The quantitative estimate of drug-likeness (QED) is 0.764. The predicted molar refractivity (Wildman–Crippen MR) is 84.8 cm³/mol. The first-order valence-corrected chi connectivity index (χ1v) is 8.30. The number of benzene rings is 1. The van der Waals surface area contributed by atoms with E-state index < -0.39 is 5.97 Å². The van der Waals surface area contributed by atoms with E-state index in [4.69, 9.17) is 16.3 Å². The number of rotatable bonds is 6. The van der Waals surface area contributed by atoms with Crippen LogP contribution >= 0.6 is 23.4 Å². The van der Waals surface area contributed by atoms with Crippen molar-refractivity contribution in [1.82, 2.24) is 15.0 Å². The molecule has 0 unspecified atom stereocenters. The fraction of sp³-hybridized carbons (Fsp3) is 0.357. The Morgan fingerprint density at radius 3 is 2.71 bits per heavy atom. The third-order valence-corrected chi connectivity index (χ3v) is 3.67. The average Bonchev–Trinajstić information content (AvgIpc) is 2.90. The van der Waals surface area contributed by atoms with Crippen molar-refractivity contribution in [2.75, 3.05) is 18.6 Å². The Hall–Kier alpha value is -1.53. The van der Waals surface area contributed by atoms with E-state index >= 15 is 0 Å². The van der Waals surface area contributed by atoms with E-state index in [9.17, 15) is 4.79 Å². The molecule has 0 amide bonds. The van der Waals surface area contributed by atoms with Gasteiger partial charge < -0.3 is 4.74 Å². The van der Waals surface area contributed by atoms with Crippen LogP contribution in [-0.4, -0.2) is 39.6 Å². The van der Waals surface area contributed by atoms with Crippen molar-refractivity contribution in [2.24, 2.45) is 0 Å². The summed E-state index contributed by atoms with van der Waals surface area (Å²) in [5.41, 5.74) is 1.74. The lowest BCUT2D eigenvalue weighted by atomic mass is 10.1. The van der Waals surface area contributed by atoms with E-state index in [0.29, 0.717) is 23.9 Å². The van der Waals surface area contributed by atoms with Gasteiger partial charge in [0.25, 0.3) is 0 Å². The predicted octanol–water partition coefficient (Wildman–Crippen LogP) is 3.14. The lowest BCUT2D eigenvalue weighted by molar-refractivity contribution is 0.0520. The molecule has 0 aliphatic heterocycles. The Balaban J connectivity index is 2.44. The van der Waals surface area contributed by atoms with Gasteiger partial charge >= 0.3 is 5.97 Å². The molecule has 0 aliphatic carbocycles. The maximum Gasteiger partial charge on any atom is 0.361 e. The van der Waals surface area contributed by atoms with Crippen molar-refractivity contribution in [3.63, 3.8) is 0 Å². The van der Waals surface area contributed by atoms with Crippen LogP contribution in [0.25, 0.3) is 11.3 Å². The molecule has 0 aliphatic rings. The zero-order valence-corrected chi connectivity index (χ0v) is 13.4. The zero-order chi connectivity index (χ0) is 15.2. The molecule has 2 rings (SSSR count). The first kappa shape index (κ1) is 15.9. The Bertz CT molecular complexity index is 613. The molecule has 112 valence electrons. The van der Waals surface area contributed by atoms with Crippen LogP contribution in [0.5, 0.6) is 0 Å². The van der Waals surface area contributed by atoms with Crippen molar-refractivity contribution < 1.29 is 9.53 Å². The second-order valence-electron chi connectivity index (χ2n) is 4.23. The Kier molecular flexibility index (Phi) is 5.64. The summed E-state index contributed by atoms with van der Waals surface area (Å²) in [5.74, 6) is 0.421. The standard InChI is InChI=1S/C14H16ClN3O2S/c1-3-20-14(19)12-13(10-4-6-11(15)7-5-10)18(17-16-12)8-9-21-2/h4-7H,3,8-9H2,1-2H3. The number of ether oxygens (including phenoxy) is 1. The minimum absolute atomic E-state index is 0.236. The second kappa shape index (κ2) is 7.47. The van der Waals surface area contributed by atoms with Gasteiger partial charge in [0.05, 0.1) is 13.2 Å². The number of hydrogen-bond donors (Lipinski definition) is 0. The molecular weight excluding hydrogens is 310 g/mol. The molecule has 0 bridgehead atoms. The summed E-state index contributed by atoms with van der Waals surface area (Å²) in [4.78, 5) is 12.0. The summed E-state index contributed by atoms with van der Waals surface area (Å²) in [7, 11) is 0. The maximum atomic E-state index is 12.0. The van der Waals surface area contributed by atoms with E-state index in [1.54, 1.807) is 35.5 Å². The van der Waals surface area contributed by atoms with E-state index in [-0.39, 0.29) is 5.69 Å². The molecular formula is C14H16ClN3O2S. The van der Waals surface area contributed by atoms with E-state index in [2.05, 4.69) is 10.3 Å². The van der Waals surface area contributed by atoms with Crippen LogP contribution in [0.4, 0.5) is 0 Å². The molecule has 0 saturated carbocycles. The number of aromatic nitrogens is 3. The van der Waals surface area contributed by atoms with Crippen LogP contribution in [0.3, 0.4) is 0 Å². The van der Waals surface area contributed by atoms with Crippen LogP contribution in [0.1, 0.15) is 17.4 Å². The third-order valence-electron chi connectivity index (χ3n) is 2.83. The smallest absolute Gasteiger partial charge is 0.361 e. The molecule has 0 radical (unpaired) electrons. The van der Waals surface area contributed by atoms with Crippen molar-refractivity contribution >= 4 is 29.3 Å². The third kappa shape index (κ3) is 3.77. The largest absolute Gasteiger partial charge is 0.461 e.